The van der Waals surface area contributed by atoms with Crippen molar-refractivity contribution in [2.45, 2.75) is 19.8 Å². The third-order valence-electron chi connectivity index (χ3n) is 2.12. The number of H-pyrrole nitrogens is 1. The molecule has 6 heteroatoms. The molecule has 0 saturated heterocycles. The van der Waals surface area contributed by atoms with E-state index in [4.69, 9.17) is 10.3 Å². The molecule has 0 spiro atoms. The van der Waals surface area contributed by atoms with Crippen LogP contribution in [0.25, 0.3) is 11.6 Å². The number of aromatic amines is 1. The van der Waals surface area contributed by atoms with Gasteiger partial charge in [-0.25, -0.2) is 0 Å². The topological polar surface area (TPSA) is 93.6 Å². The van der Waals surface area contributed by atoms with E-state index in [1.54, 1.807) is 6.20 Å². The van der Waals surface area contributed by atoms with Crippen LogP contribution in [-0.2, 0) is 6.42 Å². The van der Waals surface area contributed by atoms with Gasteiger partial charge in [0.1, 0.15) is 5.69 Å². The number of aryl methyl sites for hydroxylation is 2. The minimum absolute atomic E-state index is 0.483. The summed E-state index contributed by atoms with van der Waals surface area (Å²) in [5.74, 6) is 1.17. The van der Waals surface area contributed by atoms with E-state index in [1.165, 1.54) is 0 Å². The largest absolute Gasteiger partial charge is 0.332 e. The van der Waals surface area contributed by atoms with Gasteiger partial charge in [-0.05, 0) is 25.5 Å². The minimum Gasteiger partial charge on any atom is -0.332 e. The predicted molar refractivity (Wildman–Crippen MR) is 54.0 cm³/mol. The summed E-state index contributed by atoms with van der Waals surface area (Å²) < 4.78 is 5.11. The van der Waals surface area contributed by atoms with Crippen molar-refractivity contribution < 1.29 is 4.52 Å². The molecular formula is C9H13N5O. The molecule has 0 aliphatic rings. The minimum atomic E-state index is 0.483. The second-order valence-corrected chi connectivity index (χ2v) is 3.34. The summed E-state index contributed by atoms with van der Waals surface area (Å²) >= 11 is 0. The zero-order valence-corrected chi connectivity index (χ0v) is 8.53. The fraction of sp³-hybridized carbons (Fsp3) is 0.444. The smallest absolute Gasteiger partial charge is 0.276 e. The summed E-state index contributed by atoms with van der Waals surface area (Å²) in [5, 5.41) is 10.6. The van der Waals surface area contributed by atoms with Gasteiger partial charge in [0.05, 0.1) is 6.20 Å². The molecule has 3 N–H and O–H groups in total. The van der Waals surface area contributed by atoms with Crippen molar-refractivity contribution in [3.8, 4) is 11.6 Å². The van der Waals surface area contributed by atoms with Gasteiger partial charge in [0, 0.05) is 6.42 Å². The predicted octanol–water partition coefficient (Wildman–Crippen LogP) is 0.659. The number of aromatic nitrogens is 4. The molecule has 0 unspecified atom stereocenters. The molecule has 0 atom stereocenters. The Morgan fingerprint density at radius 2 is 2.40 bits per heavy atom. The number of rotatable bonds is 4. The summed E-state index contributed by atoms with van der Waals surface area (Å²) in [7, 11) is 0. The normalized spacial score (nSPS) is 10.8. The Morgan fingerprint density at radius 1 is 1.53 bits per heavy atom. The third-order valence-corrected chi connectivity index (χ3v) is 2.12. The Balaban J connectivity index is 2.17. The van der Waals surface area contributed by atoms with Gasteiger partial charge in [0.2, 0.25) is 0 Å². The highest BCUT2D eigenvalue weighted by atomic mass is 16.5. The Labute approximate surface area is 86.9 Å². The first-order valence-corrected chi connectivity index (χ1v) is 4.84. The van der Waals surface area contributed by atoms with Crippen LogP contribution in [-0.4, -0.2) is 26.9 Å². The summed E-state index contributed by atoms with van der Waals surface area (Å²) in [6.07, 6.45) is 3.33. The molecule has 2 aromatic rings. The number of nitrogens with zero attached hydrogens (tertiary/aromatic N) is 3. The van der Waals surface area contributed by atoms with Gasteiger partial charge >= 0.3 is 0 Å². The fourth-order valence-electron chi connectivity index (χ4n) is 1.28. The highest BCUT2D eigenvalue weighted by molar-refractivity contribution is 5.50. The van der Waals surface area contributed by atoms with E-state index in [0.717, 1.165) is 24.1 Å². The van der Waals surface area contributed by atoms with Crippen LogP contribution < -0.4 is 5.73 Å². The first-order chi connectivity index (χ1) is 7.31. The first-order valence-electron chi connectivity index (χ1n) is 4.84. The van der Waals surface area contributed by atoms with E-state index in [9.17, 15) is 0 Å². The SMILES string of the molecule is Cc1cn[nH]c1-c1nc(CCCN)no1. The molecular weight excluding hydrogens is 194 g/mol. The van der Waals surface area contributed by atoms with Crippen LogP contribution in [0.15, 0.2) is 10.7 Å². The van der Waals surface area contributed by atoms with E-state index in [1.807, 2.05) is 6.92 Å². The van der Waals surface area contributed by atoms with Gasteiger partial charge in [0.25, 0.3) is 5.89 Å². The van der Waals surface area contributed by atoms with Gasteiger partial charge < -0.3 is 10.3 Å². The quantitative estimate of drug-likeness (QED) is 0.768. The van der Waals surface area contributed by atoms with Crippen LogP contribution in [0.1, 0.15) is 17.8 Å². The Bertz CT molecular complexity index is 433. The van der Waals surface area contributed by atoms with Crippen molar-refractivity contribution in [2.75, 3.05) is 6.54 Å². The van der Waals surface area contributed by atoms with E-state index in [-0.39, 0.29) is 0 Å². The van der Waals surface area contributed by atoms with Crippen molar-refractivity contribution >= 4 is 0 Å². The number of hydrogen-bond donors (Lipinski definition) is 2. The molecule has 6 nitrogen and oxygen atoms in total. The van der Waals surface area contributed by atoms with Crippen LogP contribution in [0.3, 0.4) is 0 Å². The van der Waals surface area contributed by atoms with Crippen molar-refractivity contribution in [3.05, 3.63) is 17.6 Å². The third kappa shape index (κ3) is 2.04. The van der Waals surface area contributed by atoms with Crippen LogP contribution in [0.4, 0.5) is 0 Å². The Hall–Kier alpha value is -1.69. The van der Waals surface area contributed by atoms with Crippen LogP contribution in [0.2, 0.25) is 0 Å². The molecule has 15 heavy (non-hydrogen) atoms. The van der Waals surface area contributed by atoms with Gasteiger partial charge in [0.15, 0.2) is 5.82 Å². The lowest BCUT2D eigenvalue weighted by atomic mass is 10.3. The lowest BCUT2D eigenvalue weighted by Gasteiger charge is -1.89. The van der Waals surface area contributed by atoms with Crippen LogP contribution in [0.5, 0.6) is 0 Å². The molecule has 2 heterocycles. The van der Waals surface area contributed by atoms with Gasteiger partial charge in [-0.2, -0.15) is 10.1 Å². The summed E-state index contributed by atoms with van der Waals surface area (Å²) in [6.45, 7) is 2.57. The second kappa shape index (κ2) is 4.22. The molecule has 0 aromatic carbocycles. The second-order valence-electron chi connectivity index (χ2n) is 3.34. The Morgan fingerprint density at radius 3 is 3.07 bits per heavy atom. The van der Waals surface area contributed by atoms with Gasteiger partial charge in [-0.15, -0.1) is 0 Å². The molecule has 2 rings (SSSR count). The van der Waals surface area contributed by atoms with E-state index in [2.05, 4.69) is 20.3 Å². The summed E-state index contributed by atoms with van der Waals surface area (Å²) in [4.78, 5) is 4.25. The van der Waals surface area contributed by atoms with Gasteiger partial charge in [-0.1, -0.05) is 5.16 Å². The molecule has 0 aliphatic carbocycles. The molecule has 80 valence electrons. The van der Waals surface area contributed by atoms with Crippen molar-refractivity contribution in [1.29, 1.82) is 0 Å². The zero-order chi connectivity index (χ0) is 10.7. The average molecular weight is 207 g/mol. The Kier molecular flexibility index (Phi) is 2.77. The van der Waals surface area contributed by atoms with Crippen molar-refractivity contribution in [3.63, 3.8) is 0 Å². The van der Waals surface area contributed by atoms with E-state index >= 15 is 0 Å². The summed E-state index contributed by atoms with van der Waals surface area (Å²) in [6, 6.07) is 0. The summed E-state index contributed by atoms with van der Waals surface area (Å²) in [5.41, 5.74) is 7.17. The standard InChI is InChI=1S/C9H13N5O/c1-6-5-11-13-8(6)9-12-7(14-15-9)3-2-4-10/h5H,2-4,10H2,1H3,(H,11,13). The first kappa shape index (κ1) is 9.85. The molecule has 0 amide bonds. The molecule has 2 aromatic heterocycles. The van der Waals surface area contributed by atoms with Crippen LogP contribution >= 0.6 is 0 Å². The lowest BCUT2D eigenvalue weighted by Crippen LogP contribution is -2.01. The van der Waals surface area contributed by atoms with E-state index in [0.29, 0.717) is 18.3 Å². The van der Waals surface area contributed by atoms with Gasteiger partial charge in [-0.3, -0.25) is 5.10 Å². The maximum atomic E-state index is 5.40. The maximum Gasteiger partial charge on any atom is 0.276 e. The molecule has 0 aliphatic heterocycles. The molecule has 0 radical (unpaired) electrons. The monoisotopic (exact) mass is 207 g/mol. The average Bonchev–Trinajstić information content (AvgIpc) is 2.83. The lowest BCUT2D eigenvalue weighted by molar-refractivity contribution is 0.420. The highest BCUT2D eigenvalue weighted by Crippen LogP contribution is 2.17. The van der Waals surface area contributed by atoms with E-state index < -0.39 is 0 Å². The van der Waals surface area contributed by atoms with Crippen molar-refractivity contribution in [1.82, 2.24) is 20.3 Å². The fourth-order valence-corrected chi connectivity index (χ4v) is 1.28. The zero-order valence-electron chi connectivity index (χ0n) is 8.53. The van der Waals surface area contributed by atoms with Crippen LogP contribution in [0, 0.1) is 6.92 Å². The number of nitrogens with two attached hydrogens (primary N) is 1. The van der Waals surface area contributed by atoms with Crippen molar-refractivity contribution in [2.24, 2.45) is 5.73 Å². The highest BCUT2D eigenvalue weighted by Gasteiger charge is 2.12. The molecule has 0 fully saturated rings. The maximum absolute atomic E-state index is 5.40. The number of hydrogen-bond acceptors (Lipinski definition) is 5. The molecule has 0 bridgehead atoms. The number of nitrogens with one attached hydrogen (secondary N) is 1. The molecule has 0 saturated carbocycles.